The van der Waals surface area contributed by atoms with Crippen molar-refractivity contribution in [3.8, 4) is 6.01 Å². The molecule has 1 rings (SSSR count). The van der Waals surface area contributed by atoms with Crippen LogP contribution < -0.4 is 4.74 Å². The molecule has 1 heterocycles. The molecule has 0 saturated carbocycles. The highest BCUT2D eigenvalue weighted by Gasteiger charge is 1.98. The Hall–Kier alpha value is -0.830. The van der Waals surface area contributed by atoms with Crippen LogP contribution in [0, 0.1) is 6.92 Å². The second-order valence-corrected chi connectivity index (χ2v) is 2.21. The molecule has 0 unspecified atom stereocenters. The highest BCUT2D eigenvalue weighted by Crippen LogP contribution is 2.10. The molecule has 0 N–H and O–H groups in total. The van der Waals surface area contributed by atoms with E-state index in [0.29, 0.717) is 5.69 Å². The fourth-order valence-electron chi connectivity index (χ4n) is 0.595. The third-order valence-corrected chi connectivity index (χ3v) is 1.14. The number of hydrogen-bond acceptors (Lipinski definition) is 3. The lowest BCUT2D eigenvalue weighted by atomic mass is 10.5. The molecule has 0 spiro atoms. The summed E-state index contributed by atoms with van der Waals surface area (Å²) in [5.41, 5.74) is 0.455. The first-order valence-electron chi connectivity index (χ1n) is 5.32. The molecule has 3 nitrogen and oxygen atoms in total. The molecule has 0 bridgehead atoms. The standard InChI is InChI=1S/C7H9ClN2O/c1-3-11-7-9-5(2)4-6(8)10-7/h4H,3H2,1-2H3/i1D3,3D2. The summed E-state index contributed by atoms with van der Waals surface area (Å²) in [7, 11) is 0. The summed E-state index contributed by atoms with van der Waals surface area (Å²) in [5, 5.41) is 0.0591. The Morgan fingerprint density at radius 1 is 1.82 bits per heavy atom. The van der Waals surface area contributed by atoms with Crippen molar-refractivity contribution < 1.29 is 11.6 Å². The van der Waals surface area contributed by atoms with Crippen molar-refractivity contribution >= 4 is 11.6 Å². The molecule has 0 aliphatic carbocycles. The van der Waals surface area contributed by atoms with Gasteiger partial charge in [0.1, 0.15) is 5.15 Å². The summed E-state index contributed by atoms with van der Waals surface area (Å²) in [5.74, 6) is 0. The van der Waals surface area contributed by atoms with Crippen molar-refractivity contribution in [2.75, 3.05) is 6.56 Å². The third-order valence-electron chi connectivity index (χ3n) is 0.945. The van der Waals surface area contributed by atoms with Crippen molar-refractivity contribution in [3.63, 3.8) is 0 Å². The minimum atomic E-state index is -2.92. The SMILES string of the molecule is [2H]C([2H])([2H])C([2H])([2H])Oc1nc(C)cc(Cl)n1. The highest BCUT2D eigenvalue weighted by molar-refractivity contribution is 6.29. The first-order chi connectivity index (χ1) is 7.12. The molecule has 0 atom stereocenters. The smallest absolute Gasteiger partial charge is 0.318 e. The predicted octanol–water partition coefficient (Wildman–Crippen LogP) is 1.84. The summed E-state index contributed by atoms with van der Waals surface area (Å²) >= 11 is 5.60. The van der Waals surface area contributed by atoms with Gasteiger partial charge in [-0.3, -0.25) is 0 Å². The van der Waals surface area contributed by atoms with Gasteiger partial charge < -0.3 is 4.74 Å². The van der Waals surface area contributed by atoms with Crippen molar-refractivity contribution in [1.29, 1.82) is 0 Å². The van der Waals surface area contributed by atoms with Crippen molar-refractivity contribution in [2.24, 2.45) is 0 Å². The zero-order valence-electron chi connectivity index (χ0n) is 10.8. The largest absolute Gasteiger partial charge is 0.464 e. The van der Waals surface area contributed by atoms with Gasteiger partial charge in [0.05, 0.1) is 9.30 Å². The van der Waals surface area contributed by atoms with Gasteiger partial charge in [-0.2, -0.15) is 4.98 Å². The molecule has 60 valence electrons. The summed E-state index contributed by atoms with van der Waals surface area (Å²) in [6, 6.07) is 1.05. The first kappa shape index (κ1) is 3.72. The Kier molecular flexibility index (Phi) is 1.19. The van der Waals surface area contributed by atoms with Crippen molar-refractivity contribution in [3.05, 3.63) is 16.9 Å². The van der Waals surface area contributed by atoms with Gasteiger partial charge in [0.2, 0.25) is 0 Å². The van der Waals surface area contributed by atoms with Gasteiger partial charge in [0.25, 0.3) is 0 Å². The second kappa shape index (κ2) is 3.53. The van der Waals surface area contributed by atoms with Gasteiger partial charge in [-0.15, -0.1) is 0 Å². The third kappa shape index (κ3) is 2.35. The lowest BCUT2D eigenvalue weighted by Crippen LogP contribution is -1.98. The van der Waals surface area contributed by atoms with Crippen LogP contribution in [-0.2, 0) is 0 Å². The van der Waals surface area contributed by atoms with E-state index in [-0.39, 0.29) is 5.15 Å². The van der Waals surface area contributed by atoms with Crippen LogP contribution in [-0.4, -0.2) is 16.5 Å². The van der Waals surface area contributed by atoms with Crippen LogP contribution in [0.4, 0.5) is 0 Å². The average molecular weight is 178 g/mol. The molecule has 0 radical (unpaired) electrons. The van der Waals surface area contributed by atoms with Gasteiger partial charge >= 0.3 is 6.01 Å². The van der Waals surface area contributed by atoms with E-state index in [0.717, 1.165) is 0 Å². The van der Waals surface area contributed by atoms with Crippen LogP contribution >= 0.6 is 11.6 Å². The molecule has 0 aliphatic rings. The lowest BCUT2D eigenvalue weighted by molar-refractivity contribution is 0.312. The fraction of sp³-hybridized carbons (Fsp3) is 0.429. The van der Waals surface area contributed by atoms with E-state index in [9.17, 15) is 0 Å². The monoisotopic (exact) mass is 177 g/mol. The van der Waals surface area contributed by atoms with E-state index in [4.69, 9.17) is 18.5 Å². The Bertz CT molecular complexity index is 375. The van der Waals surface area contributed by atoms with E-state index in [2.05, 4.69) is 14.7 Å². The number of aryl methyl sites for hydroxylation is 1. The van der Waals surface area contributed by atoms with Crippen LogP contribution in [0.1, 0.15) is 19.4 Å². The number of ether oxygens (including phenoxy) is 1. The summed E-state index contributed by atoms with van der Waals surface area (Å²) in [4.78, 5) is 7.30. The summed E-state index contributed by atoms with van der Waals surface area (Å²) in [6.07, 6.45) is 0. The second-order valence-electron chi connectivity index (χ2n) is 1.82. The minimum absolute atomic E-state index is 0.0591. The van der Waals surface area contributed by atoms with Crippen molar-refractivity contribution in [1.82, 2.24) is 9.97 Å². The lowest BCUT2D eigenvalue weighted by Gasteiger charge is -2.00. The molecule has 0 saturated heterocycles. The van der Waals surface area contributed by atoms with Gasteiger partial charge in [0, 0.05) is 9.81 Å². The van der Waals surface area contributed by atoms with E-state index >= 15 is 0 Å². The Balaban J connectivity index is 2.96. The van der Waals surface area contributed by atoms with E-state index < -0.39 is 19.4 Å². The normalized spacial score (nSPS) is 18.9. The van der Waals surface area contributed by atoms with Gasteiger partial charge in [-0.05, 0) is 19.8 Å². The quantitative estimate of drug-likeness (QED) is 0.647. The van der Waals surface area contributed by atoms with Gasteiger partial charge in [-0.1, -0.05) is 11.6 Å². The maximum Gasteiger partial charge on any atom is 0.318 e. The number of aromatic nitrogens is 2. The maximum atomic E-state index is 7.21. The van der Waals surface area contributed by atoms with E-state index in [1.807, 2.05) is 0 Å². The number of hydrogen-bond donors (Lipinski definition) is 0. The topological polar surface area (TPSA) is 35.0 Å². The zero-order valence-corrected chi connectivity index (χ0v) is 6.51. The minimum Gasteiger partial charge on any atom is -0.464 e. The highest BCUT2D eigenvalue weighted by atomic mass is 35.5. The van der Waals surface area contributed by atoms with Crippen LogP contribution in [0.25, 0.3) is 0 Å². The fourth-order valence-corrected chi connectivity index (χ4v) is 0.826. The predicted molar refractivity (Wildman–Crippen MR) is 42.9 cm³/mol. The van der Waals surface area contributed by atoms with Crippen LogP contribution in [0.3, 0.4) is 0 Å². The Labute approximate surface area is 77.4 Å². The zero-order chi connectivity index (χ0) is 12.6. The first-order valence-corrected chi connectivity index (χ1v) is 3.20. The van der Waals surface area contributed by atoms with E-state index in [1.54, 1.807) is 6.92 Å². The van der Waals surface area contributed by atoms with E-state index in [1.165, 1.54) is 6.07 Å². The number of nitrogens with zero attached hydrogens (tertiary/aromatic N) is 2. The van der Waals surface area contributed by atoms with Crippen LogP contribution in [0.5, 0.6) is 6.01 Å². The molecule has 0 aliphatic heterocycles. The maximum absolute atomic E-state index is 7.21. The molecule has 1 aromatic heterocycles. The summed E-state index contributed by atoms with van der Waals surface area (Å²) in [6.45, 7) is -4.18. The molecular formula is C7H9ClN2O. The molecule has 1 aromatic rings. The number of rotatable bonds is 2. The van der Waals surface area contributed by atoms with Crippen LogP contribution in [0.15, 0.2) is 6.07 Å². The average Bonchev–Trinajstić information content (AvgIpc) is 1.97. The number of halogens is 1. The molecule has 4 heteroatoms. The van der Waals surface area contributed by atoms with Crippen molar-refractivity contribution in [2.45, 2.75) is 13.8 Å². The molecule has 0 aromatic carbocycles. The Morgan fingerprint density at radius 2 is 2.64 bits per heavy atom. The molecular weight excluding hydrogens is 164 g/mol. The van der Waals surface area contributed by atoms with Gasteiger partial charge in [0.15, 0.2) is 0 Å². The molecule has 0 fully saturated rings. The molecule has 0 amide bonds. The summed E-state index contributed by atoms with van der Waals surface area (Å²) < 4.78 is 39.8. The van der Waals surface area contributed by atoms with Gasteiger partial charge in [-0.25, -0.2) is 4.98 Å². The van der Waals surface area contributed by atoms with Crippen LogP contribution in [0.2, 0.25) is 5.15 Å². The molecule has 11 heavy (non-hydrogen) atoms. The Morgan fingerprint density at radius 3 is 3.27 bits per heavy atom.